The van der Waals surface area contributed by atoms with E-state index < -0.39 is 10.0 Å². The molecule has 1 aliphatic heterocycles. The summed E-state index contributed by atoms with van der Waals surface area (Å²) in [5, 5.41) is 4.51. The van der Waals surface area contributed by atoms with Gasteiger partial charge in [-0.25, -0.2) is 8.42 Å². The van der Waals surface area contributed by atoms with Gasteiger partial charge in [0.1, 0.15) is 0 Å². The minimum absolute atomic E-state index is 0.136. The molecule has 0 N–H and O–H groups in total. The summed E-state index contributed by atoms with van der Waals surface area (Å²) in [6.07, 6.45) is 0.704. The maximum atomic E-state index is 12.1. The van der Waals surface area contributed by atoms with Crippen molar-refractivity contribution in [3.05, 3.63) is 17.0 Å². The van der Waals surface area contributed by atoms with Gasteiger partial charge < -0.3 is 9.64 Å². The van der Waals surface area contributed by atoms with Crippen LogP contribution in [0.1, 0.15) is 23.9 Å². The predicted molar refractivity (Wildman–Crippen MR) is 85.0 cm³/mol. The maximum absolute atomic E-state index is 12.1. The molecule has 0 amide bonds. The number of hydrogen-bond donors (Lipinski definition) is 0. The van der Waals surface area contributed by atoms with Crippen molar-refractivity contribution in [3.8, 4) is 0 Å². The first-order valence-corrected chi connectivity index (χ1v) is 9.20. The van der Waals surface area contributed by atoms with Crippen LogP contribution in [0.3, 0.4) is 0 Å². The van der Waals surface area contributed by atoms with E-state index in [4.69, 9.17) is 4.74 Å². The molecule has 0 unspecified atom stereocenters. The van der Waals surface area contributed by atoms with Crippen molar-refractivity contribution in [1.29, 1.82) is 0 Å². The van der Waals surface area contributed by atoms with Crippen LogP contribution in [0, 0.1) is 0 Å². The highest BCUT2D eigenvalue weighted by Gasteiger charge is 2.29. The fraction of sp³-hybridized carbons (Fsp3) is 0.786. The summed E-state index contributed by atoms with van der Waals surface area (Å²) in [5.74, 6) is 0.136. The standard InChI is InChI=1S/C14H26N4O3S/c1-5-22(19,20)18-7-6-14-12(10-18)13(15-17(14)4)11-21-9-8-16(2)3/h5-11H2,1-4H3. The molecule has 0 saturated heterocycles. The third kappa shape index (κ3) is 3.87. The van der Waals surface area contributed by atoms with Crippen LogP contribution in [0.15, 0.2) is 0 Å². The smallest absolute Gasteiger partial charge is 0.214 e. The zero-order chi connectivity index (χ0) is 16.3. The number of hydrogen-bond acceptors (Lipinski definition) is 5. The molecule has 1 aromatic rings. The van der Waals surface area contributed by atoms with Gasteiger partial charge in [-0.05, 0) is 21.0 Å². The van der Waals surface area contributed by atoms with Crippen molar-refractivity contribution in [2.75, 3.05) is 39.5 Å². The van der Waals surface area contributed by atoms with Crippen LogP contribution in [-0.2, 0) is 41.4 Å². The quantitative estimate of drug-likeness (QED) is 0.669. The first-order valence-electron chi connectivity index (χ1n) is 7.59. The van der Waals surface area contributed by atoms with Crippen molar-refractivity contribution in [3.63, 3.8) is 0 Å². The Balaban J connectivity index is 2.09. The second kappa shape index (κ2) is 7.08. The van der Waals surface area contributed by atoms with E-state index in [1.807, 2.05) is 25.8 Å². The lowest BCUT2D eigenvalue weighted by atomic mass is 10.1. The lowest BCUT2D eigenvalue weighted by Gasteiger charge is -2.26. The molecular formula is C14H26N4O3S. The summed E-state index contributed by atoms with van der Waals surface area (Å²) in [4.78, 5) is 2.06. The normalized spacial score (nSPS) is 16.2. The van der Waals surface area contributed by atoms with Crippen molar-refractivity contribution in [2.24, 2.45) is 7.05 Å². The Hall–Kier alpha value is -0.960. The molecule has 8 heteroatoms. The number of nitrogens with zero attached hydrogens (tertiary/aromatic N) is 4. The van der Waals surface area contributed by atoms with Crippen molar-refractivity contribution < 1.29 is 13.2 Å². The topological polar surface area (TPSA) is 67.7 Å². The highest BCUT2D eigenvalue weighted by atomic mass is 32.2. The zero-order valence-corrected chi connectivity index (χ0v) is 14.7. The Morgan fingerprint density at radius 2 is 2.09 bits per heavy atom. The van der Waals surface area contributed by atoms with Crippen LogP contribution >= 0.6 is 0 Å². The van der Waals surface area contributed by atoms with Crippen LogP contribution < -0.4 is 0 Å². The fourth-order valence-electron chi connectivity index (χ4n) is 2.60. The molecule has 0 saturated carbocycles. The maximum Gasteiger partial charge on any atom is 0.214 e. The molecular weight excluding hydrogens is 304 g/mol. The Labute approximate surface area is 132 Å². The minimum Gasteiger partial charge on any atom is -0.374 e. The number of ether oxygens (including phenoxy) is 1. The first-order chi connectivity index (χ1) is 10.3. The summed E-state index contributed by atoms with van der Waals surface area (Å²) in [5.41, 5.74) is 2.98. The van der Waals surface area contributed by atoms with Crippen LogP contribution in [-0.4, -0.2) is 66.9 Å². The average Bonchev–Trinajstić information content (AvgIpc) is 2.79. The van der Waals surface area contributed by atoms with Crippen LogP contribution in [0.2, 0.25) is 0 Å². The van der Waals surface area contributed by atoms with Crippen molar-refractivity contribution in [1.82, 2.24) is 19.0 Å². The van der Waals surface area contributed by atoms with Gasteiger partial charge in [0.15, 0.2) is 0 Å². The minimum atomic E-state index is -3.16. The molecule has 0 fully saturated rings. The van der Waals surface area contributed by atoms with Crippen LogP contribution in [0.4, 0.5) is 0 Å². The molecule has 0 aromatic carbocycles. The molecule has 126 valence electrons. The molecule has 22 heavy (non-hydrogen) atoms. The second-order valence-corrected chi connectivity index (χ2v) is 8.09. The lowest BCUT2D eigenvalue weighted by molar-refractivity contribution is 0.102. The summed E-state index contributed by atoms with van der Waals surface area (Å²) in [6, 6.07) is 0. The van der Waals surface area contributed by atoms with E-state index in [0.717, 1.165) is 23.5 Å². The van der Waals surface area contributed by atoms with Crippen molar-refractivity contribution in [2.45, 2.75) is 26.5 Å². The van der Waals surface area contributed by atoms with Crippen LogP contribution in [0.5, 0.6) is 0 Å². The zero-order valence-electron chi connectivity index (χ0n) is 13.9. The Kier molecular flexibility index (Phi) is 5.60. The lowest BCUT2D eigenvalue weighted by Crippen LogP contribution is -2.37. The molecule has 0 bridgehead atoms. The third-order valence-corrected chi connectivity index (χ3v) is 5.80. The summed E-state index contributed by atoms with van der Waals surface area (Å²) in [6.45, 7) is 4.53. The van der Waals surface area contributed by atoms with Gasteiger partial charge in [-0.2, -0.15) is 9.40 Å². The third-order valence-electron chi connectivity index (χ3n) is 3.97. The van der Waals surface area contributed by atoms with E-state index in [0.29, 0.717) is 32.7 Å². The molecule has 2 heterocycles. The monoisotopic (exact) mass is 330 g/mol. The number of aromatic nitrogens is 2. The molecule has 0 radical (unpaired) electrons. The molecule has 1 aromatic heterocycles. The Morgan fingerprint density at radius 1 is 1.36 bits per heavy atom. The Morgan fingerprint density at radius 3 is 2.73 bits per heavy atom. The van der Waals surface area contributed by atoms with Gasteiger partial charge in [-0.3, -0.25) is 4.68 Å². The highest BCUT2D eigenvalue weighted by Crippen LogP contribution is 2.24. The molecule has 0 atom stereocenters. The van der Waals surface area contributed by atoms with Gasteiger partial charge in [0.2, 0.25) is 10.0 Å². The number of likely N-dealkylation sites (N-methyl/N-ethyl adjacent to an activating group) is 1. The predicted octanol–water partition coefficient (Wildman–Crippen LogP) is 0.206. The molecule has 2 rings (SSSR count). The van der Waals surface area contributed by atoms with Gasteiger partial charge in [0, 0.05) is 44.4 Å². The Bertz CT molecular complexity index is 610. The van der Waals surface area contributed by atoms with E-state index >= 15 is 0 Å². The van der Waals surface area contributed by atoms with E-state index in [2.05, 4.69) is 10.00 Å². The number of rotatable bonds is 7. The summed E-state index contributed by atoms with van der Waals surface area (Å²) >= 11 is 0. The second-order valence-electron chi connectivity index (χ2n) is 5.84. The molecule has 0 aliphatic carbocycles. The first kappa shape index (κ1) is 17.4. The average molecular weight is 330 g/mol. The molecule has 1 aliphatic rings. The van der Waals surface area contributed by atoms with Gasteiger partial charge >= 0.3 is 0 Å². The van der Waals surface area contributed by atoms with Gasteiger partial charge in [0.05, 0.1) is 24.7 Å². The summed E-state index contributed by atoms with van der Waals surface area (Å²) < 4.78 is 33.2. The SMILES string of the molecule is CCS(=O)(=O)N1CCc2c(c(COCCN(C)C)nn2C)C1. The molecule has 7 nitrogen and oxygen atoms in total. The largest absolute Gasteiger partial charge is 0.374 e. The highest BCUT2D eigenvalue weighted by molar-refractivity contribution is 7.89. The van der Waals surface area contributed by atoms with Gasteiger partial charge in [-0.1, -0.05) is 0 Å². The van der Waals surface area contributed by atoms with E-state index in [-0.39, 0.29) is 5.75 Å². The van der Waals surface area contributed by atoms with E-state index in [9.17, 15) is 8.42 Å². The number of sulfonamides is 1. The molecule has 0 spiro atoms. The van der Waals surface area contributed by atoms with Gasteiger partial charge in [0.25, 0.3) is 0 Å². The van der Waals surface area contributed by atoms with Gasteiger partial charge in [-0.15, -0.1) is 0 Å². The van der Waals surface area contributed by atoms with Crippen LogP contribution in [0.25, 0.3) is 0 Å². The van der Waals surface area contributed by atoms with Crippen molar-refractivity contribution >= 4 is 10.0 Å². The summed E-state index contributed by atoms with van der Waals surface area (Å²) in [7, 11) is 2.75. The fourth-order valence-corrected chi connectivity index (χ4v) is 3.66. The van der Waals surface area contributed by atoms with E-state index in [1.54, 1.807) is 11.2 Å². The van der Waals surface area contributed by atoms with E-state index in [1.165, 1.54) is 0 Å². The number of fused-ring (bicyclic) bond motifs is 1. The number of aryl methyl sites for hydroxylation is 1.